The third-order valence-electron chi connectivity index (χ3n) is 5.16. The molecule has 1 saturated heterocycles. The normalized spacial score (nSPS) is 23.4. The molecule has 1 aliphatic heterocycles. The number of amides is 2. The first-order valence-corrected chi connectivity index (χ1v) is 12.8. The molecular formula is C20H40NO6Si+. The van der Waals surface area contributed by atoms with Crippen LogP contribution in [0.3, 0.4) is 0 Å². The SMILES string of the molecule is CC(C)(C)OC(=O)[N+]1(C(=O)OC(C)(C)C)C[C@@H](O)[C@H](O[Si](C)(C)C(C)(C)C)C1. The van der Waals surface area contributed by atoms with Gasteiger partial charge in [0.2, 0.25) is 0 Å². The number of quaternary nitrogens is 1. The van der Waals surface area contributed by atoms with Gasteiger partial charge in [-0.15, -0.1) is 4.48 Å². The van der Waals surface area contributed by atoms with Crippen molar-refractivity contribution in [3.63, 3.8) is 0 Å². The average Bonchev–Trinajstić information content (AvgIpc) is 2.71. The number of imide groups is 1. The summed E-state index contributed by atoms with van der Waals surface area (Å²) >= 11 is 0. The number of carbonyl (C=O) groups excluding carboxylic acids is 2. The minimum Gasteiger partial charge on any atom is -0.414 e. The van der Waals surface area contributed by atoms with Crippen molar-refractivity contribution in [2.75, 3.05) is 13.1 Å². The van der Waals surface area contributed by atoms with E-state index in [9.17, 15) is 14.7 Å². The standard InChI is InChI=1S/C20H40NO6Si/c1-18(2,3)25-16(23)21(17(24)26-19(4,5)6)12-14(22)15(13-21)27-28(10,11)20(7,8)9/h14-15,22H,12-13H2,1-11H3/q+1/t14-,15-/m1/s1. The van der Waals surface area contributed by atoms with E-state index in [4.69, 9.17) is 13.9 Å². The highest BCUT2D eigenvalue weighted by Gasteiger charge is 2.61. The van der Waals surface area contributed by atoms with Crippen LogP contribution in [-0.4, -0.2) is 66.6 Å². The van der Waals surface area contributed by atoms with Gasteiger partial charge in [-0.25, -0.2) is 0 Å². The summed E-state index contributed by atoms with van der Waals surface area (Å²) in [4.78, 5) is 26.1. The molecule has 164 valence electrons. The predicted molar refractivity (Wildman–Crippen MR) is 111 cm³/mol. The van der Waals surface area contributed by atoms with E-state index in [1.165, 1.54) is 0 Å². The molecule has 1 fully saturated rings. The third-order valence-corrected chi connectivity index (χ3v) is 9.66. The Balaban J connectivity index is 3.24. The highest BCUT2D eigenvalue weighted by molar-refractivity contribution is 6.74. The summed E-state index contributed by atoms with van der Waals surface area (Å²) in [5, 5.41) is 10.6. The van der Waals surface area contributed by atoms with Crippen LogP contribution in [-0.2, 0) is 13.9 Å². The number of hydrogen-bond donors (Lipinski definition) is 1. The zero-order chi connectivity index (χ0) is 22.3. The molecule has 28 heavy (non-hydrogen) atoms. The smallest absolute Gasteiger partial charge is 0.414 e. The zero-order valence-corrected chi connectivity index (χ0v) is 20.5. The van der Waals surface area contributed by atoms with Gasteiger partial charge in [0, 0.05) is 0 Å². The maximum absolute atomic E-state index is 13.1. The number of rotatable bonds is 2. The molecule has 1 rings (SSSR count). The van der Waals surface area contributed by atoms with Crippen molar-refractivity contribution in [1.82, 2.24) is 0 Å². The average molecular weight is 419 g/mol. The van der Waals surface area contributed by atoms with Crippen LogP contribution in [0.2, 0.25) is 18.1 Å². The van der Waals surface area contributed by atoms with Crippen molar-refractivity contribution in [1.29, 1.82) is 0 Å². The van der Waals surface area contributed by atoms with Crippen LogP contribution < -0.4 is 0 Å². The lowest BCUT2D eigenvalue weighted by Gasteiger charge is -2.38. The quantitative estimate of drug-likeness (QED) is 0.527. The highest BCUT2D eigenvalue weighted by atomic mass is 28.4. The molecule has 0 bridgehead atoms. The second-order valence-electron chi connectivity index (χ2n) is 11.3. The lowest BCUT2D eigenvalue weighted by Crippen LogP contribution is -2.59. The van der Waals surface area contributed by atoms with Gasteiger partial charge < -0.3 is 19.0 Å². The third kappa shape index (κ3) is 6.02. The number of aliphatic hydroxyl groups is 1. The number of nitrogens with zero attached hydrogens (tertiary/aromatic N) is 1. The summed E-state index contributed by atoms with van der Waals surface area (Å²) in [5.41, 5.74) is -1.54. The Morgan fingerprint density at radius 1 is 0.857 bits per heavy atom. The first kappa shape index (κ1) is 25.1. The van der Waals surface area contributed by atoms with Crippen LogP contribution >= 0.6 is 0 Å². The fourth-order valence-corrected chi connectivity index (χ4v) is 4.02. The van der Waals surface area contributed by atoms with Gasteiger partial charge in [0.15, 0.2) is 8.32 Å². The van der Waals surface area contributed by atoms with Crippen LogP contribution in [0, 0.1) is 0 Å². The van der Waals surface area contributed by atoms with Gasteiger partial charge >= 0.3 is 12.2 Å². The Morgan fingerprint density at radius 2 is 1.25 bits per heavy atom. The summed E-state index contributed by atoms with van der Waals surface area (Å²) in [6.45, 7) is 20.8. The summed E-state index contributed by atoms with van der Waals surface area (Å²) in [6.07, 6.45) is -3.04. The zero-order valence-electron chi connectivity index (χ0n) is 19.5. The van der Waals surface area contributed by atoms with E-state index in [0.29, 0.717) is 0 Å². The van der Waals surface area contributed by atoms with Gasteiger partial charge in [-0.05, 0) is 59.7 Å². The molecule has 0 unspecified atom stereocenters. The monoisotopic (exact) mass is 418 g/mol. The van der Waals surface area contributed by atoms with E-state index in [2.05, 4.69) is 33.9 Å². The predicted octanol–water partition coefficient (Wildman–Crippen LogP) is 4.44. The van der Waals surface area contributed by atoms with E-state index in [1.807, 2.05) is 0 Å². The molecular weight excluding hydrogens is 378 g/mol. The van der Waals surface area contributed by atoms with Crippen molar-refractivity contribution in [3.8, 4) is 0 Å². The number of aliphatic hydroxyl groups excluding tert-OH is 1. The Morgan fingerprint density at radius 3 is 1.57 bits per heavy atom. The number of hydrogen-bond acceptors (Lipinski definition) is 6. The van der Waals surface area contributed by atoms with Crippen molar-refractivity contribution in [3.05, 3.63) is 0 Å². The van der Waals surface area contributed by atoms with E-state index in [-0.39, 0.29) is 18.1 Å². The van der Waals surface area contributed by atoms with Gasteiger partial charge in [-0.1, -0.05) is 20.8 Å². The lowest BCUT2D eigenvalue weighted by molar-refractivity contribution is -0.777. The fraction of sp³-hybridized carbons (Fsp3) is 0.900. The molecule has 1 heterocycles. The van der Waals surface area contributed by atoms with Gasteiger partial charge in [-0.2, -0.15) is 9.59 Å². The maximum atomic E-state index is 13.1. The molecule has 0 radical (unpaired) electrons. The molecule has 0 aromatic heterocycles. The summed E-state index contributed by atoms with van der Waals surface area (Å²) in [6, 6.07) is 0. The van der Waals surface area contributed by atoms with Crippen molar-refractivity contribution in [2.45, 2.75) is 104 Å². The van der Waals surface area contributed by atoms with Gasteiger partial charge in [0.1, 0.15) is 36.5 Å². The maximum Gasteiger partial charge on any atom is 0.527 e. The number of likely N-dealkylation sites (tertiary alicyclic amines) is 1. The number of carbonyl (C=O) groups is 2. The molecule has 2 atom stereocenters. The van der Waals surface area contributed by atoms with Crippen LogP contribution in [0.15, 0.2) is 0 Å². The molecule has 0 spiro atoms. The molecule has 1 N–H and O–H groups in total. The second-order valence-corrected chi connectivity index (χ2v) is 16.0. The van der Waals surface area contributed by atoms with Gasteiger partial charge in [0.05, 0.1) is 0 Å². The minimum atomic E-state index is -2.21. The van der Waals surface area contributed by atoms with E-state index >= 15 is 0 Å². The molecule has 0 aromatic carbocycles. The molecule has 0 saturated carbocycles. The topological polar surface area (TPSA) is 82.1 Å². The number of ether oxygens (including phenoxy) is 2. The van der Waals surface area contributed by atoms with Gasteiger partial charge in [-0.3, -0.25) is 0 Å². The second kappa shape index (κ2) is 7.70. The lowest BCUT2D eigenvalue weighted by atomic mass is 10.2. The molecule has 2 amide bonds. The molecule has 8 heteroatoms. The van der Waals surface area contributed by atoms with E-state index in [1.54, 1.807) is 41.5 Å². The molecule has 0 aromatic rings. The summed E-state index contributed by atoms with van der Waals surface area (Å²) in [5.74, 6) is 0. The van der Waals surface area contributed by atoms with Crippen molar-refractivity contribution in [2.24, 2.45) is 0 Å². The highest BCUT2D eigenvalue weighted by Crippen LogP contribution is 2.39. The van der Waals surface area contributed by atoms with Crippen LogP contribution in [0.1, 0.15) is 62.3 Å². The fourth-order valence-electron chi connectivity index (χ4n) is 2.68. The Hall–Kier alpha value is -0.963. The van der Waals surface area contributed by atoms with E-state index < -0.39 is 48.4 Å². The first-order chi connectivity index (χ1) is 12.2. The van der Waals surface area contributed by atoms with E-state index in [0.717, 1.165) is 0 Å². The molecule has 0 aliphatic carbocycles. The Kier molecular flexibility index (Phi) is 6.90. The Bertz CT molecular complexity index is 569. The molecule has 7 nitrogen and oxygen atoms in total. The van der Waals surface area contributed by atoms with Crippen molar-refractivity contribution >= 4 is 20.5 Å². The van der Waals surface area contributed by atoms with Gasteiger partial charge in [0.25, 0.3) is 0 Å². The van der Waals surface area contributed by atoms with Crippen molar-refractivity contribution < 1.29 is 33.1 Å². The first-order valence-electron chi connectivity index (χ1n) is 9.90. The largest absolute Gasteiger partial charge is 0.527 e. The Labute approximate surface area is 171 Å². The summed E-state index contributed by atoms with van der Waals surface area (Å²) in [7, 11) is -2.21. The summed E-state index contributed by atoms with van der Waals surface area (Å²) < 4.78 is 16.7. The molecule has 1 aliphatic rings. The van der Waals surface area contributed by atoms with Crippen LogP contribution in [0.5, 0.6) is 0 Å². The van der Waals surface area contributed by atoms with Crippen LogP contribution in [0.25, 0.3) is 0 Å². The van der Waals surface area contributed by atoms with Crippen LogP contribution in [0.4, 0.5) is 9.59 Å². The minimum absolute atomic E-state index is 0.00248.